The standard InChI is InChI=1S/C17H22N8/c1-10-5-18-12(3)16(23-10)21-8-14-7-20-15(25-14)9-22-17-13(4)19-6-11(2)24-17/h5-7H,8-9H2,1-4H3,(H,20,25)(H,21,23)(H,22,24). The highest BCUT2D eigenvalue weighted by Crippen LogP contribution is 2.12. The van der Waals surface area contributed by atoms with E-state index in [0.29, 0.717) is 13.1 Å². The largest absolute Gasteiger partial charge is 0.363 e. The van der Waals surface area contributed by atoms with E-state index in [9.17, 15) is 0 Å². The van der Waals surface area contributed by atoms with Crippen LogP contribution in [0.3, 0.4) is 0 Å². The summed E-state index contributed by atoms with van der Waals surface area (Å²) < 4.78 is 0. The molecular formula is C17H22N8. The lowest BCUT2D eigenvalue weighted by Crippen LogP contribution is -2.07. The highest BCUT2D eigenvalue weighted by molar-refractivity contribution is 5.40. The average molecular weight is 338 g/mol. The Morgan fingerprint density at radius 3 is 1.92 bits per heavy atom. The molecule has 0 amide bonds. The maximum absolute atomic E-state index is 4.45. The number of aromatic nitrogens is 6. The van der Waals surface area contributed by atoms with E-state index in [-0.39, 0.29) is 0 Å². The molecule has 0 aromatic carbocycles. The van der Waals surface area contributed by atoms with Crippen LogP contribution in [0.25, 0.3) is 0 Å². The molecule has 3 rings (SSSR count). The van der Waals surface area contributed by atoms with Crippen molar-refractivity contribution in [3.8, 4) is 0 Å². The molecule has 3 aromatic rings. The molecule has 3 aromatic heterocycles. The van der Waals surface area contributed by atoms with E-state index in [0.717, 1.165) is 45.9 Å². The van der Waals surface area contributed by atoms with Crippen molar-refractivity contribution in [3.05, 3.63) is 52.9 Å². The lowest BCUT2D eigenvalue weighted by Gasteiger charge is -2.08. The molecule has 0 fully saturated rings. The van der Waals surface area contributed by atoms with Crippen molar-refractivity contribution in [1.29, 1.82) is 0 Å². The van der Waals surface area contributed by atoms with Crippen LogP contribution in [0, 0.1) is 27.7 Å². The predicted molar refractivity (Wildman–Crippen MR) is 96.3 cm³/mol. The van der Waals surface area contributed by atoms with Crippen LogP contribution < -0.4 is 10.6 Å². The summed E-state index contributed by atoms with van der Waals surface area (Å²) in [6.07, 6.45) is 5.33. The fourth-order valence-corrected chi connectivity index (χ4v) is 2.34. The Hall–Kier alpha value is -3.03. The minimum absolute atomic E-state index is 0.558. The second-order valence-electron chi connectivity index (χ2n) is 5.95. The van der Waals surface area contributed by atoms with Gasteiger partial charge in [0, 0.05) is 12.4 Å². The first-order chi connectivity index (χ1) is 12.0. The zero-order valence-electron chi connectivity index (χ0n) is 14.9. The van der Waals surface area contributed by atoms with Crippen LogP contribution in [0.2, 0.25) is 0 Å². The third-order valence-corrected chi connectivity index (χ3v) is 3.70. The Balaban J connectivity index is 1.59. The number of nitrogens with zero attached hydrogens (tertiary/aromatic N) is 5. The van der Waals surface area contributed by atoms with Crippen molar-refractivity contribution in [2.75, 3.05) is 10.6 Å². The van der Waals surface area contributed by atoms with Crippen LogP contribution in [0.1, 0.15) is 34.3 Å². The van der Waals surface area contributed by atoms with E-state index in [1.165, 1.54) is 0 Å². The van der Waals surface area contributed by atoms with Crippen molar-refractivity contribution in [3.63, 3.8) is 0 Å². The highest BCUT2D eigenvalue weighted by Gasteiger charge is 2.06. The van der Waals surface area contributed by atoms with E-state index < -0.39 is 0 Å². The van der Waals surface area contributed by atoms with Gasteiger partial charge in [-0.15, -0.1) is 0 Å². The van der Waals surface area contributed by atoms with Crippen LogP contribution in [0.4, 0.5) is 11.6 Å². The van der Waals surface area contributed by atoms with Gasteiger partial charge in [-0.25, -0.2) is 15.0 Å². The van der Waals surface area contributed by atoms with E-state index in [2.05, 4.69) is 40.5 Å². The fraction of sp³-hybridized carbons (Fsp3) is 0.353. The smallest absolute Gasteiger partial charge is 0.148 e. The van der Waals surface area contributed by atoms with Gasteiger partial charge >= 0.3 is 0 Å². The molecule has 3 heterocycles. The molecule has 0 aliphatic rings. The monoisotopic (exact) mass is 338 g/mol. The molecule has 3 N–H and O–H groups in total. The summed E-state index contributed by atoms with van der Waals surface area (Å²) in [5.41, 5.74) is 4.49. The summed E-state index contributed by atoms with van der Waals surface area (Å²) in [5.74, 6) is 2.41. The first kappa shape index (κ1) is 16.8. The summed E-state index contributed by atoms with van der Waals surface area (Å²) >= 11 is 0. The van der Waals surface area contributed by atoms with E-state index in [1.54, 1.807) is 12.4 Å². The third-order valence-electron chi connectivity index (χ3n) is 3.70. The van der Waals surface area contributed by atoms with Gasteiger partial charge < -0.3 is 15.6 Å². The van der Waals surface area contributed by atoms with Crippen molar-refractivity contribution in [2.24, 2.45) is 0 Å². The van der Waals surface area contributed by atoms with E-state index in [1.807, 2.05) is 33.9 Å². The molecule has 130 valence electrons. The van der Waals surface area contributed by atoms with Gasteiger partial charge in [0.05, 0.1) is 47.8 Å². The maximum atomic E-state index is 4.45. The number of anilines is 2. The number of hydrogen-bond acceptors (Lipinski definition) is 7. The molecule has 0 atom stereocenters. The lowest BCUT2D eigenvalue weighted by atomic mass is 10.4. The topological polar surface area (TPSA) is 104 Å². The van der Waals surface area contributed by atoms with Crippen LogP contribution >= 0.6 is 0 Å². The van der Waals surface area contributed by atoms with Gasteiger partial charge in [-0.1, -0.05) is 0 Å². The minimum atomic E-state index is 0.558. The molecule has 0 unspecified atom stereocenters. The molecule has 0 saturated heterocycles. The Morgan fingerprint density at radius 2 is 1.32 bits per heavy atom. The molecule has 0 radical (unpaired) electrons. The van der Waals surface area contributed by atoms with Gasteiger partial charge in [0.1, 0.15) is 17.5 Å². The number of H-pyrrole nitrogens is 1. The van der Waals surface area contributed by atoms with Gasteiger partial charge in [-0.05, 0) is 27.7 Å². The van der Waals surface area contributed by atoms with Crippen LogP contribution in [-0.4, -0.2) is 29.9 Å². The summed E-state index contributed by atoms with van der Waals surface area (Å²) in [6.45, 7) is 8.87. The van der Waals surface area contributed by atoms with Gasteiger partial charge in [0.25, 0.3) is 0 Å². The number of aromatic amines is 1. The maximum Gasteiger partial charge on any atom is 0.148 e. The molecule has 8 nitrogen and oxygen atoms in total. The lowest BCUT2D eigenvalue weighted by molar-refractivity contribution is 0.943. The zero-order chi connectivity index (χ0) is 17.8. The van der Waals surface area contributed by atoms with Crippen LogP contribution in [0.5, 0.6) is 0 Å². The number of rotatable bonds is 6. The SMILES string of the molecule is Cc1cnc(C)c(NCc2cnc(CNc3nc(C)cnc3C)[nH]2)n1. The Morgan fingerprint density at radius 1 is 0.760 bits per heavy atom. The van der Waals surface area contributed by atoms with Crippen LogP contribution in [-0.2, 0) is 13.1 Å². The number of aryl methyl sites for hydroxylation is 4. The molecule has 0 bridgehead atoms. The van der Waals surface area contributed by atoms with Gasteiger partial charge in [-0.3, -0.25) is 9.97 Å². The van der Waals surface area contributed by atoms with Gasteiger partial charge in [-0.2, -0.15) is 0 Å². The molecular weight excluding hydrogens is 316 g/mol. The average Bonchev–Trinajstić information content (AvgIpc) is 3.04. The summed E-state index contributed by atoms with van der Waals surface area (Å²) in [4.78, 5) is 25.2. The second kappa shape index (κ2) is 7.25. The quantitative estimate of drug-likeness (QED) is 0.634. The molecule has 8 heteroatoms. The number of nitrogens with one attached hydrogen (secondary N) is 3. The Bertz CT molecular complexity index is 801. The molecule has 0 saturated carbocycles. The van der Waals surface area contributed by atoms with E-state index >= 15 is 0 Å². The van der Waals surface area contributed by atoms with Crippen molar-refractivity contribution < 1.29 is 0 Å². The summed E-state index contributed by atoms with van der Waals surface area (Å²) in [6, 6.07) is 0. The minimum Gasteiger partial charge on any atom is -0.363 e. The Kier molecular flexibility index (Phi) is 4.87. The van der Waals surface area contributed by atoms with Gasteiger partial charge in [0.2, 0.25) is 0 Å². The second-order valence-corrected chi connectivity index (χ2v) is 5.95. The number of hydrogen-bond donors (Lipinski definition) is 3. The molecule has 0 aliphatic heterocycles. The van der Waals surface area contributed by atoms with Crippen molar-refractivity contribution in [1.82, 2.24) is 29.9 Å². The number of imidazole rings is 1. The Labute approximate surface area is 146 Å². The van der Waals surface area contributed by atoms with Crippen molar-refractivity contribution in [2.45, 2.75) is 40.8 Å². The molecule has 0 aliphatic carbocycles. The normalized spacial score (nSPS) is 10.7. The summed E-state index contributed by atoms with van der Waals surface area (Å²) in [5, 5.41) is 6.55. The predicted octanol–water partition coefficient (Wildman–Crippen LogP) is 2.45. The molecule has 0 spiro atoms. The molecule has 25 heavy (non-hydrogen) atoms. The van der Waals surface area contributed by atoms with Crippen molar-refractivity contribution >= 4 is 11.6 Å². The fourth-order valence-electron chi connectivity index (χ4n) is 2.34. The first-order valence-corrected chi connectivity index (χ1v) is 8.12. The zero-order valence-corrected chi connectivity index (χ0v) is 14.9. The van der Waals surface area contributed by atoms with Gasteiger partial charge in [0.15, 0.2) is 0 Å². The van der Waals surface area contributed by atoms with Crippen LogP contribution in [0.15, 0.2) is 18.6 Å². The first-order valence-electron chi connectivity index (χ1n) is 8.12. The summed E-state index contributed by atoms with van der Waals surface area (Å²) in [7, 11) is 0. The van der Waals surface area contributed by atoms with E-state index in [4.69, 9.17) is 0 Å². The highest BCUT2D eigenvalue weighted by atomic mass is 15.1. The third kappa shape index (κ3) is 4.28.